The molecule has 0 bridgehead atoms. The van der Waals surface area contributed by atoms with Crippen LogP contribution < -0.4 is 5.32 Å². The molecule has 1 aromatic carbocycles. The number of rotatable bonds is 5. The van der Waals surface area contributed by atoms with Gasteiger partial charge < -0.3 is 5.32 Å². The molecule has 122 valence electrons. The van der Waals surface area contributed by atoms with E-state index in [1.807, 2.05) is 28.9 Å². The smallest absolute Gasteiger partial charge is 0.234 e. The topological polar surface area (TPSA) is 72.7 Å². The number of hydrogen-bond donors (Lipinski definition) is 1. The molecule has 1 N–H and O–H groups in total. The number of nitrogens with one attached hydrogen (secondary N) is 1. The van der Waals surface area contributed by atoms with Crippen LogP contribution in [0.2, 0.25) is 0 Å². The predicted octanol–water partition coefficient (Wildman–Crippen LogP) is 3.15. The second-order valence-corrected chi connectivity index (χ2v) is 8.51. The molecule has 1 heterocycles. The Hall–Kier alpha value is -1.89. The molecule has 0 spiro atoms. The number of tetrazole rings is 1. The highest BCUT2D eigenvalue weighted by molar-refractivity contribution is 8.01. The third kappa shape index (κ3) is 4.31. The van der Waals surface area contributed by atoms with Crippen LogP contribution in [-0.2, 0) is 4.79 Å². The first kappa shape index (κ1) is 16.0. The van der Waals surface area contributed by atoms with Crippen LogP contribution in [0.1, 0.15) is 39.7 Å². The van der Waals surface area contributed by atoms with E-state index < -0.39 is 0 Å². The van der Waals surface area contributed by atoms with E-state index in [1.54, 1.807) is 11.8 Å². The summed E-state index contributed by atoms with van der Waals surface area (Å²) in [6.07, 6.45) is 2.25. The van der Waals surface area contributed by atoms with E-state index in [-0.39, 0.29) is 10.7 Å². The summed E-state index contributed by atoms with van der Waals surface area (Å²) >= 11 is 1.63. The highest BCUT2D eigenvalue weighted by atomic mass is 32.2. The molecule has 6 nitrogen and oxygen atoms in total. The maximum Gasteiger partial charge on any atom is 0.234 e. The van der Waals surface area contributed by atoms with Gasteiger partial charge in [0.25, 0.3) is 0 Å². The van der Waals surface area contributed by atoms with Gasteiger partial charge in [0.1, 0.15) is 0 Å². The molecule has 3 rings (SSSR count). The van der Waals surface area contributed by atoms with Gasteiger partial charge in [-0.1, -0.05) is 32.9 Å². The molecule has 1 fully saturated rings. The summed E-state index contributed by atoms with van der Waals surface area (Å²) in [7, 11) is 0. The van der Waals surface area contributed by atoms with Crippen molar-refractivity contribution in [1.29, 1.82) is 0 Å². The number of amides is 1. The van der Waals surface area contributed by atoms with Crippen LogP contribution in [-0.4, -0.2) is 36.6 Å². The van der Waals surface area contributed by atoms with Crippen LogP contribution >= 0.6 is 11.8 Å². The second kappa shape index (κ2) is 6.31. The van der Waals surface area contributed by atoms with Crippen LogP contribution in [0.25, 0.3) is 11.4 Å². The first-order valence-electron chi connectivity index (χ1n) is 7.74. The van der Waals surface area contributed by atoms with E-state index >= 15 is 0 Å². The largest absolute Gasteiger partial charge is 0.325 e. The van der Waals surface area contributed by atoms with Gasteiger partial charge in [0.05, 0.1) is 11.8 Å². The average molecular weight is 331 g/mol. The maximum atomic E-state index is 12.1. The highest BCUT2D eigenvalue weighted by Gasteiger charge is 2.28. The van der Waals surface area contributed by atoms with E-state index in [1.165, 1.54) is 0 Å². The molecule has 0 unspecified atom stereocenters. The Morgan fingerprint density at radius 3 is 2.87 bits per heavy atom. The van der Waals surface area contributed by atoms with E-state index in [0.717, 1.165) is 29.9 Å². The zero-order chi connectivity index (χ0) is 16.4. The molecule has 7 heteroatoms. The minimum absolute atomic E-state index is 0.00357. The summed E-state index contributed by atoms with van der Waals surface area (Å²) in [5.41, 5.74) is 1.69. The molecule has 0 saturated heterocycles. The summed E-state index contributed by atoms with van der Waals surface area (Å²) in [4.78, 5) is 12.1. The van der Waals surface area contributed by atoms with Crippen LogP contribution in [0, 0.1) is 0 Å². The number of carbonyl (C=O) groups excluding carboxylic acids is 1. The first-order valence-corrected chi connectivity index (χ1v) is 8.73. The van der Waals surface area contributed by atoms with Gasteiger partial charge in [-0.05, 0) is 35.4 Å². The molecule has 1 amide bonds. The van der Waals surface area contributed by atoms with Crippen molar-refractivity contribution in [3.8, 4) is 11.4 Å². The van der Waals surface area contributed by atoms with E-state index in [4.69, 9.17) is 0 Å². The van der Waals surface area contributed by atoms with Gasteiger partial charge in [-0.3, -0.25) is 4.79 Å². The lowest BCUT2D eigenvalue weighted by molar-refractivity contribution is -0.113. The fourth-order valence-electron chi connectivity index (χ4n) is 2.16. The molecule has 1 saturated carbocycles. The molecular weight excluding hydrogens is 310 g/mol. The SMILES string of the molecule is CC(C)(C)SCC(=O)Nc1cccc(-c2nnnn2C2CC2)c1. The van der Waals surface area contributed by atoms with Gasteiger partial charge in [-0.2, -0.15) is 0 Å². The lowest BCUT2D eigenvalue weighted by atomic mass is 10.2. The monoisotopic (exact) mass is 331 g/mol. The van der Waals surface area contributed by atoms with Gasteiger partial charge >= 0.3 is 0 Å². The number of thioether (sulfide) groups is 1. The normalized spacial score (nSPS) is 14.7. The van der Waals surface area contributed by atoms with Crippen molar-refractivity contribution in [2.45, 2.75) is 44.4 Å². The van der Waals surface area contributed by atoms with Crippen molar-refractivity contribution >= 4 is 23.4 Å². The van der Waals surface area contributed by atoms with Crippen LogP contribution in [0.4, 0.5) is 5.69 Å². The lowest BCUT2D eigenvalue weighted by Crippen LogP contribution is -2.18. The molecule has 0 atom stereocenters. The Morgan fingerprint density at radius 2 is 2.17 bits per heavy atom. The number of aromatic nitrogens is 4. The number of nitrogens with zero attached hydrogens (tertiary/aromatic N) is 4. The van der Waals surface area contributed by atoms with Gasteiger partial charge in [-0.25, -0.2) is 4.68 Å². The first-order chi connectivity index (χ1) is 10.9. The maximum absolute atomic E-state index is 12.1. The minimum atomic E-state index is 0.00357. The van der Waals surface area contributed by atoms with Gasteiger partial charge in [0.15, 0.2) is 5.82 Å². The Balaban J connectivity index is 1.70. The van der Waals surface area contributed by atoms with E-state index in [2.05, 4.69) is 41.6 Å². The third-order valence-electron chi connectivity index (χ3n) is 3.43. The number of carbonyl (C=O) groups is 1. The van der Waals surface area contributed by atoms with E-state index in [0.29, 0.717) is 11.8 Å². The number of benzene rings is 1. The minimum Gasteiger partial charge on any atom is -0.325 e. The quantitative estimate of drug-likeness (QED) is 0.911. The highest BCUT2D eigenvalue weighted by Crippen LogP contribution is 2.36. The van der Waals surface area contributed by atoms with Crippen molar-refractivity contribution in [1.82, 2.24) is 20.2 Å². The van der Waals surface area contributed by atoms with Crippen molar-refractivity contribution in [3.63, 3.8) is 0 Å². The summed E-state index contributed by atoms with van der Waals surface area (Å²) in [5.74, 6) is 1.20. The summed E-state index contributed by atoms with van der Waals surface area (Å²) < 4.78 is 1.95. The third-order valence-corrected chi connectivity index (χ3v) is 4.70. The standard InChI is InChI=1S/C16H21N5OS/c1-16(2,3)23-10-14(22)17-12-6-4-5-11(9-12)15-18-19-20-21(15)13-7-8-13/h4-6,9,13H,7-8,10H2,1-3H3,(H,17,22). The summed E-state index contributed by atoms with van der Waals surface area (Å²) in [6.45, 7) is 6.30. The molecule has 1 aliphatic rings. The van der Waals surface area contributed by atoms with Crippen molar-refractivity contribution in [2.24, 2.45) is 0 Å². The Kier molecular flexibility index (Phi) is 4.39. The van der Waals surface area contributed by atoms with Crippen molar-refractivity contribution in [3.05, 3.63) is 24.3 Å². The zero-order valence-corrected chi connectivity index (χ0v) is 14.4. The molecular formula is C16H21N5OS. The average Bonchev–Trinajstić information content (AvgIpc) is 3.22. The second-order valence-electron chi connectivity index (χ2n) is 6.71. The Morgan fingerprint density at radius 1 is 1.39 bits per heavy atom. The Labute approximate surface area is 140 Å². The number of anilines is 1. The zero-order valence-electron chi connectivity index (χ0n) is 13.6. The summed E-state index contributed by atoms with van der Waals surface area (Å²) in [5, 5.41) is 14.9. The van der Waals surface area contributed by atoms with Crippen LogP contribution in [0.5, 0.6) is 0 Å². The number of hydrogen-bond acceptors (Lipinski definition) is 5. The molecule has 0 aliphatic heterocycles. The van der Waals surface area contributed by atoms with Crippen molar-refractivity contribution in [2.75, 3.05) is 11.1 Å². The molecule has 1 aliphatic carbocycles. The van der Waals surface area contributed by atoms with Gasteiger partial charge in [-0.15, -0.1) is 16.9 Å². The van der Waals surface area contributed by atoms with Gasteiger partial charge in [0.2, 0.25) is 5.91 Å². The predicted molar refractivity (Wildman–Crippen MR) is 92.4 cm³/mol. The fourth-order valence-corrected chi connectivity index (χ4v) is 2.80. The molecule has 23 heavy (non-hydrogen) atoms. The molecule has 0 radical (unpaired) electrons. The summed E-state index contributed by atoms with van der Waals surface area (Å²) in [6, 6.07) is 8.10. The van der Waals surface area contributed by atoms with E-state index in [9.17, 15) is 4.79 Å². The van der Waals surface area contributed by atoms with Crippen LogP contribution in [0.15, 0.2) is 24.3 Å². The van der Waals surface area contributed by atoms with Crippen LogP contribution in [0.3, 0.4) is 0 Å². The lowest BCUT2D eigenvalue weighted by Gasteiger charge is -2.17. The fraction of sp³-hybridized carbons (Fsp3) is 0.500. The molecule has 1 aromatic heterocycles. The Bertz CT molecular complexity index is 702. The van der Waals surface area contributed by atoms with Crippen molar-refractivity contribution < 1.29 is 4.79 Å². The van der Waals surface area contributed by atoms with Gasteiger partial charge in [0, 0.05) is 16.0 Å². The molecule has 2 aromatic rings.